The minimum Gasteiger partial charge on any atom is -0.454 e. The van der Waals surface area contributed by atoms with Gasteiger partial charge in [-0.2, -0.15) is 0 Å². The summed E-state index contributed by atoms with van der Waals surface area (Å²) in [7, 11) is -3.80. The van der Waals surface area contributed by atoms with Gasteiger partial charge in [-0.3, -0.25) is 4.72 Å². The molecule has 0 bridgehead atoms. The minimum absolute atomic E-state index is 0.129. The summed E-state index contributed by atoms with van der Waals surface area (Å²) < 4.78 is 44.3. The Morgan fingerprint density at radius 1 is 1.00 bits per heavy atom. The van der Waals surface area contributed by atoms with E-state index in [9.17, 15) is 8.42 Å². The fraction of sp³-hybridized carbons (Fsp3) is 0.211. The van der Waals surface area contributed by atoms with Crippen molar-refractivity contribution in [2.75, 3.05) is 11.5 Å². The van der Waals surface area contributed by atoms with Crippen LogP contribution in [0.3, 0.4) is 0 Å². The third-order valence-corrected chi connectivity index (χ3v) is 5.95. The third kappa shape index (κ3) is 3.12. The molecule has 0 unspecified atom stereocenters. The van der Waals surface area contributed by atoms with Gasteiger partial charge in [-0.25, -0.2) is 8.42 Å². The van der Waals surface area contributed by atoms with Crippen molar-refractivity contribution in [3.8, 4) is 22.6 Å². The van der Waals surface area contributed by atoms with Crippen LogP contribution in [0.5, 0.6) is 11.5 Å². The van der Waals surface area contributed by atoms with Crippen molar-refractivity contribution < 1.29 is 22.4 Å². The van der Waals surface area contributed by atoms with Crippen molar-refractivity contribution in [1.29, 1.82) is 0 Å². The molecular weight excluding hydrogens is 368 g/mol. The number of rotatable bonds is 4. The highest BCUT2D eigenvalue weighted by atomic mass is 32.2. The van der Waals surface area contributed by atoms with Gasteiger partial charge >= 0.3 is 0 Å². The lowest BCUT2D eigenvalue weighted by atomic mass is 10.0. The average molecular weight is 386 g/mol. The molecule has 1 aliphatic heterocycles. The summed E-state index contributed by atoms with van der Waals surface area (Å²) in [6, 6.07) is 10.2. The van der Waals surface area contributed by atoms with Crippen molar-refractivity contribution in [2.24, 2.45) is 0 Å². The van der Waals surface area contributed by atoms with Gasteiger partial charge in [0.2, 0.25) is 6.79 Å². The summed E-state index contributed by atoms with van der Waals surface area (Å²) in [4.78, 5) is 0.192. The number of sulfonamides is 1. The van der Waals surface area contributed by atoms with E-state index >= 15 is 0 Å². The van der Waals surface area contributed by atoms with Gasteiger partial charge in [0, 0.05) is 11.6 Å². The van der Waals surface area contributed by atoms with Gasteiger partial charge in [-0.05, 0) is 50.1 Å². The van der Waals surface area contributed by atoms with E-state index in [1.807, 2.05) is 13.0 Å². The second-order valence-corrected chi connectivity index (χ2v) is 8.00. The fourth-order valence-electron chi connectivity index (χ4n) is 3.11. The summed E-state index contributed by atoms with van der Waals surface area (Å²) in [6.45, 7) is 5.51. The molecule has 4 rings (SSSR count). The molecule has 0 spiro atoms. The van der Waals surface area contributed by atoms with Gasteiger partial charge in [-0.1, -0.05) is 17.3 Å². The number of aryl methyl sites for hydroxylation is 3. The SMILES string of the molecule is Cc1ccc(-c2c(C)noc2C)cc1S(=O)(=O)Nc1ccc2c(c1)OCO2. The van der Waals surface area contributed by atoms with Crippen LogP contribution in [0.25, 0.3) is 11.1 Å². The van der Waals surface area contributed by atoms with E-state index in [0.717, 1.165) is 11.1 Å². The van der Waals surface area contributed by atoms with E-state index in [1.165, 1.54) is 0 Å². The maximum atomic E-state index is 13.0. The van der Waals surface area contributed by atoms with Crippen LogP contribution in [-0.2, 0) is 10.0 Å². The first-order valence-electron chi connectivity index (χ1n) is 8.31. The lowest BCUT2D eigenvalue weighted by Crippen LogP contribution is -2.14. The van der Waals surface area contributed by atoms with Gasteiger partial charge in [0.15, 0.2) is 11.5 Å². The summed E-state index contributed by atoms with van der Waals surface area (Å²) in [5.74, 6) is 1.74. The van der Waals surface area contributed by atoms with Crippen LogP contribution in [0, 0.1) is 20.8 Å². The molecule has 0 saturated heterocycles. The number of aromatic nitrogens is 1. The Morgan fingerprint density at radius 2 is 1.78 bits per heavy atom. The molecule has 2 heterocycles. The Bertz CT molecular complexity index is 1120. The molecule has 8 heteroatoms. The van der Waals surface area contributed by atoms with Crippen LogP contribution in [0.15, 0.2) is 45.8 Å². The van der Waals surface area contributed by atoms with Crippen LogP contribution in [0.1, 0.15) is 17.0 Å². The standard InChI is InChI=1S/C19H18N2O5S/c1-11-4-5-14(19-12(2)20-26-13(19)3)8-18(11)27(22,23)21-15-6-7-16-17(9-15)25-10-24-16/h4-9,21H,10H2,1-3H3. The van der Waals surface area contributed by atoms with Crippen molar-refractivity contribution in [2.45, 2.75) is 25.7 Å². The molecule has 0 amide bonds. The quantitative estimate of drug-likeness (QED) is 0.733. The first kappa shape index (κ1) is 17.4. The third-order valence-electron chi connectivity index (χ3n) is 4.42. The van der Waals surface area contributed by atoms with Gasteiger partial charge in [0.05, 0.1) is 16.3 Å². The first-order chi connectivity index (χ1) is 12.8. The lowest BCUT2D eigenvalue weighted by Gasteiger charge is -2.12. The zero-order valence-electron chi connectivity index (χ0n) is 15.1. The second-order valence-electron chi connectivity index (χ2n) is 6.35. The Hall–Kier alpha value is -3.00. The van der Waals surface area contributed by atoms with Crippen molar-refractivity contribution in [3.63, 3.8) is 0 Å². The molecule has 0 aliphatic carbocycles. The van der Waals surface area contributed by atoms with E-state index in [1.54, 1.807) is 44.2 Å². The summed E-state index contributed by atoms with van der Waals surface area (Å²) in [5, 5.41) is 3.94. The summed E-state index contributed by atoms with van der Waals surface area (Å²) in [6.07, 6.45) is 0. The van der Waals surface area contributed by atoms with Crippen LogP contribution in [-0.4, -0.2) is 20.4 Å². The average Bonchev–Trinajstić information content (AvgIpc) is 3.21. The first-order valence-corrected chi connectivity index (χ1v) is 9.80. The van der Waals surface area contributed by atoms with E-state index in [4.69, 9.17) is 14.0 Å². The molecule has 1 aromatic heterocycles. The normalized spacial score (nSPS) is 13.0. The molecule has 0 fully saturated rings. The number of hydrogen-bond acceptors (Lipinski definition) is 6. The molecule has 3 aromatic rings. The molecule has 140 valence electrons. The largest absolute Gasteiger partial charge is 0.454 e. The highest BCUT2D eigenvalue weighted by Crippen LogP contribution is 2.35. The van der Waals surface area contributed by atoms with E-state index < -0.39 is 10.0 Å². The van der Waals surface area contributed by atoms with Gasteiger partial charge < -0.3 is 14.0 Å². The van der Waals surface area contributed by atoms with E-state index in [2.05, 4.69) is 9.88 Å². The molecule has 1 aliphatic rings. The zero-order valence-corrected chi connectivity index (χ0v) is 15.9. The molecule has 27 heavy (non-hydrogen) atoms. The maximum Gasteiger partial charge on any atom is 0.262 e. The second kappa shape index (κ2) is 6.31. The number of nitrogens with zero attached hydrogens (tertiary/aromatic N) is 1. The topological polar surface area (TPSA) is 90.7 Å². The van der Waals surface area contributed by atoms with E-state index in [0.29, 0.717) is 34.2 Å². The van der Waals surface area contributed by atoms with Crippen LogP contribution in [0.4, 0.5) is 5.69 Å². The molecule has 2 aromatic carbocycles. The Balaban J connectivity index is 1.72. The molecule has 1 N–H and O–H groups in total. The number of benzene rings is 2. The highest BCUT2D eigenvalue weighted by Gasteiger charge is 2.21. The Morgan fingerprint density at radius 3 is 2.52 bits per heavy atom. The summed E-state index contributed by atoms with van der Waals surface area (Å²) in [5.41, 5.74) is 3.29. The monoisotopic (exact) mass is 386 g/mol. The smallest absolute Gasteiger partial charge is 0.262 e. The Labute approximate surface area is 157 Å². The minimum atomic E-state index is -3.80. The maximum absolute atomic E-state index is 13.0. The molecule has 0 saturated carbocycles. The van der Waals surface area contributed by atoms with E-state index in [-0.39, 0.29) is 11.7 Å². The zero-order chi connectivity index (χ0) is 19.2. The molecular formula is C19H18N2O5S. The predicted octanol–water partition coefficient (Wildman–Crippen LogP) is 3.80. The van der Waals surface area contributed by atoms with Crippen LogP contribution >= 0.6 is 0 Å². The number of nitrogens with one attached hydrogen (secondary N) is 1. The number of hydrogen-bond donors (Lipinski definition) is 1. The highest BCUT2D eigenvalue weighted by molar-refractivity contribution is 7.92. The number of anilines is 1. The molecule has 0 radical (unpaired) electrons. The molecule has 0 atom stereocenters. The number of ether oxygens (including phenoxy) is 2. The molecule has 7 nitrogen and oxygen atoms in total. The van der Waals surface area contributed by atoms with Crippen molar-refractivity contribution in [1.82, 2.24) is 5.16 Å². The summed E-state index contributed by atoms with van der Waals surface area (Å²) >= 11 is 0. The van der Waals surface area contributed by atoms with Crippen molar-refractivity contribution >= 4 is 15.7 Å². The van der Waals surface area contributed by atoms with Gasteiger partial charge in [0.25, 0.3) is 10.0 Å². The van der Waals surface area contributed by atoms with Crippen LogP contribution in [0.2, 0.25) is 0 Å². The lowest BCUT2D eigenvalue weighted by molar-refractivity contribution is 0.174. The van der Waals surface area contributed by atoms with Gasteiger partial charge in [-0.15, -0.1) is 0 Å². The van der Waals surface area contributed by atoms with Crippen LogP contribution < -0.4 is 14.2 Å². The predicted molar refractivity (Wildman–Crippen MR) is 99.5 cm³/mol. The van der Waals surface area contributed by atoms with Gasteiger partial charge in [0.1, 0.15) is 5.76 Å². The Kier molecular flexibility index (Phi) is 4.07. The number of fused-ring (bicyclic) bond motifs is 1. The van der Waals surface area contributed by atoms with Crippen molar-refractivity contribution in [3.05, 3.63) is 53.4 Å². The fourth-order valence-corrected chi connectivity index (χ4v) is 4.43.